The van der Waals surface area contributed by atoms with E-state index in [1.807, 2.05) is 48.5 Å². The summed E-state index contributed by atoms with van der Waals surface area (Å²) in [5.41, 5.74) is 6.56. The van der Waals surface area contributed by atoms with E-state index in [4.69, 9.17) is 13.8 Å². The second-order valence-electron chi connectivity index (χ2n) is 6.88. The number of benzene rings is 4. The van der Waals surface area contributed by atoms with Crippen LogP contribution in [0.25, 0.3) is 55.6 Å². The molecule has 0 saturated heterocycles. The van der Waals surface area contributed by atoms with Gasteiger partial charge in [0.1, 0.15) is 16.7 Å². The van der Waals surface area contributed by atoms with Crippen molar-refractivity contribution < 1.29 is 8.83 Å². The maximum Gasteiger partial charge on any atom is 0.227 e. The molecule has 0 saturated carbocycles. The molecule has 0 spiro atoms. The lowest BCUT2D eigenvalue weighted by Gasteiger charge is -2.01. The molecule has 0 atom stereocenters. The van der Waals surface area contributed by atoms with Gasteiger partial charge in [-0.05, 0) is 41.5 Å². The second kappa shape index (κ2) is 5.83. The Kier molecular flexibility index (Phi) is 3.17. The van der Waals surface area contributed by atoms with E-state index in [2.05, 4.69) is 42.5 Å². The third-order valence-electron chi connectivity index (χ3n) is 5.11. The van der Waals surface area contributed by atoms with Crippen LogP contribution in [0.3, 0.4) is 0 Å². The molecule has 0 aliphatic heterocycles. The molecule has 0 fully saturated rings. The van der Waals surface area contributed by atoms with Crippen LogP contribution in [0.2, 0.25) is 0 Å². The van der Waals surface area contributed by atoms with Gasteiger partial charge in [0.2, 0.25) is 5.89 Å². The summed E-state index contributed by atoms with van der Waals surface area (Å²) in [7, 11) is 0. The fourth-order valence-electron chi connectivity index (χ4n) is 3.71. The number of hydrogen-bond acceptors (Lipinski definition) is 3. The van der Waals surface area contributed by atoms with Crippen LogP contribution < -0.4 is 0 Å². The van der Waals surface area contributed by atoms with Crippen LogP contribution in [0.5, 0.6) is 0 Å². The van der Waals surface area contributed by atoms with E-state index in [9.17, 15) is 0 Å². The zero-order valence-corrected chi connectivity index (χ0v) is 14.9. The molecule has 0 amide bonds. The smallest absolute Gasteiger partial charge is 0.227 e. The Bertz CT molecular complexity index is 1440. The summed E-state index contributed by atoms with van der Waals surface area (Å²) in [5, 5.41) is 2.13. The summed E-state index contributed by atoms with van der Waals surface area (Å²) in [6, 6.07) is 30.6. The molecule has 28 heavy (non-hydrogen) atoms. The van der Waals surface area contributed by atoms with Crippen LogP contribution in [0, 0.1) is 0 Å². The van der Waals surface area contributed by atoms with Crippen molar-refractivity contribution in [2.75, 3.05) is 0 Å². The molecule has 0 aliphatic carbocycles. The minimum atomic E-state index is 0.623. The topological polar surface area (TPSA) is 39.2 Å². The zero-order chi connectivity index (χ0) is 18.5. The number of fused-ring (bicyclic) bond motifs is 4. The highest BCUT2D eigenvalue weighted by Crippen LogP contribution is 2.35. The summed E-state index contributed by atoms with van der Waals surface area (Å²) >= 11 is 0. The molecule has 6 rings (SSSR count). The fourth-order valence-corrected chi connectivity index (χ4v) is 3.71. The Labute approximate surface area is 160 Å². The SMILES string of the molecule is c1ccc(-c2ccc3oc4cc5oc(-c6ccccc6)nc5cc4c3c2)cc1. The summed E-state index contributed by atoms with van der Waals surface area (Å²) < 4.78 is 12.1. The zero-order valence-electron chi connectivity index (χ0n) is 14.9. The molecule has 0 radical (unpaired) electrons. The molecule has 0 N–H and O–H groups in total. The number of rotatable bonds is 2. The van der Waals surface area contributed by atoms with Gasteiger partial charge in [-0.3, -0.25) is 0 Å². The Morgan fingerprint density at radius 3 is 2.00 bits per heavy atom. The molecular formula is C25H15NO2. The normalized spacial score (nSPS) is 11.6. The average molecular weight is 361 g/mol. The molecule has 6 aromatic rings. The number of aromatic nitrogens is 1. The molecule has 0 bridgehead atoms. The van der Waals surface area contributed by atoms with Gasteiger partial charge in [0.25, 0.3) is 0 Å². The lowest BCUT2D eigenvalue weighted by atomic mass is 10.0. The van der Waals surface area contributed by atoms with E-state index in [1.54, 1.807) is 0 Å². The van der Waals surface area contributed by atoms with Crippen molar-refractivity contribution in [3.05, 3.63) is 91.0 Å². The minimum Gasteiger partial charge on any atom is -0.456 e. The van der Waals surface area contributed by atoms with Gasteiger partial charge in [0, 0.05) is 22.4 Å². The quantitative estimate of drug-likeness (QED) is 0.331. The van der Waals surface area contributed by atoms with E-state index in [0.717, 1.165) is 38.6 Å². The molecule has 3 nitrogen and oxygen atoms in total. The highest BCUT2D eigenvalue weighted by Gasteiger charge is 2.14. The van der Waals surface area contributed by atoms with E-state index in [0.29, 0.717) is 5.89 Å². The first-order chi connectivity index (χ1) is 13.8. The summed E-state index contributed by atoms with van der Waals surface area (Å²) in [6.07, 6.45) is 0. The van der Waals surface area contributed by atoms with Gasteiger partial charge in [-0.25, -0.2) is 4.98 Å². The van der Waals surface area contributed by atoms with E-state index in [1.165, 1.54) is 11.1 Å². The van der Waals surface area contributed by atoms with Crippen molar-refractivity contribution in [1.29, 1.82) is 0 Å². The van der Waals surface area contributed by atoms with Crippen molar-refractivity contribution in [2.45, 2.75) is 0 Å². The minimum absolute atomic E-state index is 0.623. The van der Waals surface area contributed by atoms with Crippen molar-refractivity contribution >= 4 is 33.0 Å². The Morgan fingerprint density at radius 2 is 1.21 bits per heavy atom. The Morgan fingerprint density at radius 1 is 0.500 bits per heavy atom. The molecule has 3 heteroatoms. The van der Waals surface area contributed by atoms with Crippen molar-refractivity contribution in [3.63, 3.8) is 0 Å². The van der Waals surface area contributed by atoms with Crippen LogP contribution in [0.4, 0.5) is 0 Å². The first kappa shape index (κ1) is 15.2. The first-order valence-corrected chi connectivity index (χ1v) is 9.23. The van der Waals surface area contributed by atoms with Gasteiger partial charge in [-0.2, -0.15) is 0 Å². The van der Waals surface area contributed by atoms with Crippen LogP contribution in [-0.2, 0) is 0 Å². The first-order valence-electron chi connectivity index (χ1n) is 9.23. The van der Waals surface area contributed by atoms with E-state index in [-0.39, 0.29) is 0 Å². The molecular weight excluding hydrogens is 346 g/mol. The van der Waals surface area contributed by atoms with Gasteiger partial charge in [0.15, 0.2) is 5.58 Å². The number of furan rings is 1. The van der Waals surface area contributed by atoms with E-state index < -0.39 is 0 Å². The summed E-state index contributed by atoms with van der Waals surface area (Å²) in [5.74, 6) is 0.623. The van der Waals surface area contributed by atoms with Crippen LogP contribution in [-0.4, -0.2) is 4.98 Å². The molecule has 0 unspecified atom stereocenters. The highest BCUT2D eigenvalue weighted by molar-refractivity contribution is 6.09. The Balaban J connectivity index is 1.56. The number of nitrogens with zero attached hydrogens (tertiary/aromatic N) is 1. The lowest BCUT2D eigenvalue weighted by Crippen LogP contribution is -1.77. The molecule has 132 valence electrons. The number of hydrogen-bond donors (Lipinski definition) is 0. The van der Waals surface area contributed by atoms with Gasteiger partial charge >= 0.3 is 0 Å². The maximum absolute atomic E-state index is 6.08. The highest BCUT2D eigenvalue weighted by atomic mass is 16.4. The third-order valence-corrected chi connectivity index (χ3v) is 5.11. The molecule has 4 aromatic carbocycles. The molecule has 2 aromatic heterocycles. The maximum atomic E-state index is 6.08. The van der Waals surface area contributed by atoms with Crippen molar-refractivity contribution in [1.82, 2.24) is 4.98 Å². The van der Waals surface area contributed by atoms with Crippen LogP contribution in [0.15, 0.2) is 99.8 Å². The molecule has 0 aliphatic rings. The van der Waals surface area contributed by atoms with Gasteiger partial charge in [-0.15, -0.1) is 0 Å². The van der Waals surface area contributed by atoms with Gasteiger partial charge in [0.05, 0.1) is 0 Å². The standard InChI is InChI=1S/C25H15NO2/c1-3-7-16(8-4-1)18-11-12-22-19(13-18)20-14-21-24(15-23(20)27-22)28-25(26-21)17-9-5-2-6-10-17/h1-15H. The second-order valence-corrected chi connectivity index (χ2v) is 6.88. The predicted molar refractivity (Wildman–Crippen MR) is 112 cm³/mol. The van der Waals surface area contributed by atoms with E-state index >= 15 is 0 Å². The average Bonchev–Trinajstić information content (AvgIpc) is 3.33. The summed E-state index contributed by atoms with van der Waals surface area (Å²) in [4.78, 5) is 4.69. The van der Waals surface area contributed by atoms with Crippen LogP contribution in [0.1, 0.15) is 0 Å². The number of oxazole rings is 1. The largest absolute Gasteiger partial charge is 0.456 e. The van der Waals surface area contributed by atoms with Crippen molar-refractivity contribution in [2.24, 2.45) is 0 Å². The van der Waals surface area contributed by atoms with Crippen molar-refractivity contribution in [3.8, 4) is 22.6 Å². The summed E-state index contributed by atoms with van der Waals surface area (Å²) in [6.45, 7) is 0. The lowest BCUT2D eigenvalue weighted by molar-refractivity contribution is 0.617. The van der Waals surface area contributed by atoms with Gasteiger partial charge in [-0.1, -0.05) is 54.6 Å². The van der Waals surface area contributed by atoms with Crippen LogP contribution >= 0.6 is 0 Å². The monoisotopic (exact) mass is 361 g/mol. The Hall–Kier alpha value is -3.85. The fraction of sp³-hybridized carbons (Fsp3) is 0. The predicted octanol–water partition coefficient (Wildman–Crippen LogP) is 7.06. The molecule has 2 heterocycles. The van der Waals surface area contributed by atoms with Gasteiger partial charge < -0.3 is 8.83 Å². The third kappa shape index (κ3) is 2.33.